The number of aliphatic carboxylic acids is 1. The van der Waals surface area contributed by atoms with Crippen LogP contribution in [0.25, 0.3) is 11.1 Å². The van der Waals surface area contributed by atoms with Gasteiger partial charge in [-0.15, -0.1) is 0 Å². The summed E-state index contributed by atoms with van der Waals surface area (Å²) >= 11 is 0. The summed E-state index contributed by atoms with van der Waals surface area (Å²) in [5.41, 5.74) is 3.95. The Labute approximate surface area is 269 Å². The Hall–Kier alpha value is -5.02. The van der Waals surface area contributed by atoms with Crippen LogP contribution in [0, 0.1) is 0 Å². The van der Waals surface area contributed by atoms with Gasteiger partial charge in [-0.25, -0.2) is 9.59 Å². The van der Waals surface area contributed by atoms with Crippen molar-refractivity contribution in [2.75, 3.05) is 19.8 Å². The normalized spacial score (nSPS) is 22.1. The molecular formula is C32H35NO14. The summed E-state index contributed by atoms with van der Waals surface area (Å²) in [5, 5.41) is 12.1. The van der Waals surface area contributed by atoms with Crippen molar-refractivity contribution in [2.45, 2.75) is 70.4 Å². The average Bonchev–Trinajstić information content (AvgIpc) is 3.32. The molecule has 0 saturated carbocycles. The number of ether oxygens (including phenoxy) is 7. The lowest BCUT2D eigenvalue weighted by molar-refractivity contribution is -0.308. The second kappa shape index (κ2) is 15.5. The van der Waals surface area contributed by atoms with E-state index in [-0.39, 0.29) is 12.5 Å². The molecule has 1 amide bonds. The summed E-state index contributed by atoms with van der Waals surface area (Å²) < 4.78 is 37.9. The molecule has 1 aliphatic carbocycles. The first-order valence-electron chi connectivity index (χ1n) is 14.6. The van der Waals surface area contributed by atoms with E-state index in [0.29, 0.717) is 0 Å². The van der Waals surface area contributed by atoms with Gasteiger partial charge in [-0.1, -0.05) is 48.5 Å². The SMILES string of the molecule is CC(=O)OC[C@H]1O[C@@H](OC[C@H](NC(=O)OCC2c3ccccc3-c3ccccc32)C(=O)O)[C@H](OC(C)=O)[C@@H](OC(C)=O)[C@@H]1OC(C)=O. The standard InChI is InChI=1S/C32H35NO14/c1-16(34)41-15-26-27(44-17(2)35)28(45-18(3)36)29(46-19(4)37)31(47-26)42-14-25(30(38)39)33-32(40)43-13-24-22-11-7-5-9-20(22)21-10-6-8-12-23(21)24/h5-12,24-29,31H,13-15H2,1-4H3,(H,33,40)(H,38,39)/t25-,26+,27+,28-,29+,31+/m0/s1. The third kappa shape index (κ3) is 8.83. The summed E-state index contributed by atoms with van der Waals surface area (Å²) in [4.78, 5) is 72.4. The largest absolute Gasteiger partial charge is 0.480 e. The number of rotatable bonds is 12. The Balaban J connectivity index is 1.48. The molecule has 252 valence electrons. The zero-order chi connectivity index (χ0) is 34.2. The number of carboxylic acid groups (broad SMARTS) is 1. The number of carboxylic acids is 1. The third-order valence-corrected chi connectivity index (χ3v) is 7.31. The van der Waals surface area contributed by atoms with E-state index in [9.17, 15) is 33.9 Å². The van der Waals surface area contributed by atoms with E-state index in [1.807, 2.05) is 48.5 Å². The van der Waals surface area contributed by atoms with Crippen LogP contribution in [-0.2, 0) is 57.1 Å². The zero-order valence-electron chi connectivity index (χ0n) is 26.0. The van der Waals surface area contributed by atoms with E-state index in [1.54, 1.807) is 0 Å². The monoisotopic (exact) mass is 657 g/mol. The lowest BCUT2D eigenvalue weighted by Crippen LogP contribution is -2.63. The Morgan fingerprint density at radius 3 is 1.79 bits per heavy atom. The van der Waals surface area contributed by atoms with Crippen molar-refractivity contribution >= 4 is 35.9 Å². The second-order valence-electron chi connectivity index (χ2n) is 10.8. The fourth-order valence-corrected chi connectivity index (χ4v) is 5.47. The molecular weight excluding hydrogens is 622 g/mol. The Morgan fingerprint density at radius 2 is 1.26 bits per heavy atom. The van der Waals surface area contributed by atoms with E-state index >= 15 is 0 Å². The zero-order valence-corrected chi connectivity index (χ0v) is 26.0. The van der Waals surface area contributed by atoms with Crippen molar-refractivity contribution in [3.63, 3.8) is 0 Å². The summed E-state index contributed by atoms with van der Waals surface area (Å²) in [7, 11) is 0. The molecule has 2 N–H and O–H groups in total. The molecule has 1 fully saturated rings. The number of hydrogen-bond donors (Lipinski definition) is 2. The molecule has 2 aromatic rings. The molecule has 2 aromatic carbocycles. The predicted octanol–water partition coefficient (Wildman–Crippen LogP) is 2.08. The van der Waals surface area contributed by atoms with Gasteiger partial charge in [0.25, 0.3) is 0 Å². The topological polar surface area (TPSA) is 199 Å². The number of esters is 4. The molecule has 2 aliphatic rings. The van der Waals surface area contributed by atoms with Gasteiger partial charge in [0.2, 0.25) is 0 Å². The average molecular weight is 658 g/mol. The number of amides is 1. The number of alkyl carbamates (subject to hydrolysis) is 1. The predicted molar refractivity (Wildman–Crippen MR) is 158 cm³/mol. The number of hydrogen-bond acceptors (Lipinski definition) is 13. The highest BCUT2D eigenvalue weighted by atomic mass is 16.7. The molecule has 1 saturated heterocycles. The molecule has 15 nitrogen and oxygen atoms in total. The molecule has 0 aromatic heterocycles. The fraction of sp³-hybridized carbons (Fsp3) is 0.438. The lowest BCUT2D eigenvalue weighted by Gasteiger charge is -2.44. The lowest BCUT2D eigenvalue weighted by atomic mass is 9.98. The van der Waals surface area contributed by atoms with Crippen molar-refractivity contribution in [2.24, 2.45) is 0 Å². The van der Waals surface area contributed by atoms with Gasteiger partial charge < -0.3 is 43.6 Å². The van der Waals surface area contributed by atoms with Gasteiger partial charge in [0.1, 0.15) is 19.3 Å². The minimum atomic E-state index is -1.68. The highest BCUT2D eigenvalue weighted by Crippen LogP contribution is 2.44. The molecule has 0 spiro atoms. The fourth-order valence-electron chi connectivity index (χ4n) is 5.47. The smallest absolute Gasteiger partial charge is 0.407 e. The van der Waals surface area contributed by atoms with Crippen LogP contribution in [0.1, 0.15) is 44.7 Å². The third-order valence-electron chi connectivity index (χ3n) is 7.31. The Morgan fingerprint density at radius 1 is 0.723 bits per heavy atom. The van der Waals surface area contributed by atoms with Crippen molar-refractivity contribution < 1.29 is 67.0 Å². The highest BCUT2D eigenvalue weighted by molar-refractivity contribution is 5.81. The van der Waals surface area contributed by atoms with E-state index in [0.717, 1.165) is 49.9 Å². The molecule has 6 atom stereocenters. The van der Waals surface area contributed by atoms with Gasteiger partial charge in [-0.3, -0.25) is 19.2 Å². The van der Waals surface area contributed by atoms with E-state index in [2.05, 4.69) is 5.32 Å². The van der Waals surface area contributed by atoms with Crippen LogP contribution >= 0.6 is 0 Å². The van der Waals surface area contributed by atoms with Crippen LogP contribution < -0.4 is 5.32 Å². The van der Waals surface area contributed by atoms with Crippen molar-refractivity contribution in [3.05, 3.63) is 59.7 Å². The maximum atomic E-state index is 12.8. The second-order valence-corrected chi connectivity index (χ2v) is 10.8. The number of nitrogens with one attached hydrogen (secondary N) is 1. The summed E-state index contributed by atoms with van der Waals surface area (Å²) in [6.07, 6.45) is -8.49. The van der Waals surface area contributed by atoms with Crippen LogP contribution in [0.4, 0.5) is 4.79 Å². The summed E-state index contributed by atoms with van der Waals surface area (Å²) in [5.74, 6) is -5.01. The van der Waals surface area contributed by atoms with Gasteiger partial charge in [-0.2, -0.15) is 0 Å². The first-order valence-corrected chi connectivity index (χ1v) is 14.6. The minimum absolute atomic E-state index is 0.0766. The number of fused-ring (bicyclic) bond motifs is 3. The number of benzene rings is 2. The summed E-state index contributed by atoms with van der Waals surface area (Å²) in [6.45, 7) is 2.98. The van der Waals surface area contributed by atoms with E-state index in [4.69, 9.17) is 33.2 Å². The van der Waals surface area contributed by atoms with Crippen LogP contribution in [-0.4, -0.2) is 97.6 Å². The first kappa shape index (κ1) is 34.8. The van der Waals surface area contributed by atoms with Crippen LogP contribution in [0.15, 0.2) is 48.5 Å². The van der Waals surface area contributed by atoms with Crippen molar-refractivity contribution in [1.82, 2.24) is 5.32 Å². The van der Waals surface area contributed by atoms with Gasteiger partial charge in [0.05, 0.1) is 6.61 Å². The Kier molecular flexibility index (Phi) is 11.5. The van der Waals surface area contributed by atoms with Gasteiger partial charge in [0.15, 0.2) is 30.6 Å². The summed E-state index contributed by atoms with van der Waals surface area (Å²) in [6, 6.07) is 13.7. The Bertz CT molecular complexity index is 1460. The molecule has 47 heavy (non-hydrogen) atoms. The number of carbonyl (C=O) groups is 6. The maximum Gasteiger partial charge on any atom is 0.407 e. The van der Waals surface area contributed by atoms with Gasteiger partial charge in [-0.05, 0) is 22.3 Å². The highest BCUT2D eigenvalue weighted by Gasteiger charge is 2.53. The van der Waals surface area contributed by atoms with Gasteiger partial charge in [0, 0.05) is 33.6 Å². The quantitative estimate of drug-likeness (QED) is 0.248. The van der Waals surface area contributed by atoms with E-state index < -0.39 is 85.9 Å². The van der Waals surface area contributed by atoms with Crippen LogP contribution in [0.2, 0.25) is 0 Å². The minimum Gasteiger partial charge on any atom is -0.480 e. The molecule has 1 aliphatic heterocycles. The molecule has 4 rings (SSSR count). The molecule has 0 unspecified atom stereocenters. The molecule has 0 radical (unpaired) electrons. The molecule has 1 heterocycles. The van der Waals surface area contributed by atoms with Crippen LogP contribution in [0.3, 0.4) is 0 Å². The van der Waals surface area contributed by atoms with E-state index in [1.165, 1.54) is 0 Å². The van der Waals surface area contributed by atoms with Gasteiger partial charge >= 0.3 is 35.9 Å². The number of carbonyl (C=O) groups excluding carboxylic acids is 5. The first-order chi connectivity index (χ1) is 22.3. The van der Waals surface area contributed by atoms with Crippen LogP contribution in [0.5, 0.6) is 0 Å². The van der Waals surface area contributed by atoms with Crippen molar-refractivity contribution in [1.29, 1.82) is 0 Å². The molecule has 0 bridgehead atoms. The molecule has 15 heteroatoms. The van der Waals surface area contributed by atoms with Crippen molar-refractivity contribution in [3.8, 4) is 11.1 Å². The maximum absolute atomic E-state index is 12.8.